The van der Waals surface area contributed by atoms with Crippen molar-refractivity contribution in [3.63, 3.8) is 0 Å². The summed E-state index contributed by atoms with van der Waals surface area (Å²) in [7, 11) is 0. The van der Waals surface area contributed by atoms with Crippen LogP contribution in [0.2, 0.25) is 0 Å². The highest BCUT2D eigenvalue weighted by atomic mass is 16.3. The van der Waals surface area contributed by atoms with Crippen molar-refractivity contribution in [1.82, 2.24) is 0 Å². The van der Waals surface area contributed by atoms with E-state index in [0.717, 1.165) is 66.8 Å². The maximum Gasteiger partial charge on any atom is 0.143 e. The highest BCUT2D eigenvalue weighted by molar-refractivity contribution is 6.18. The molecule has 0 radical (unpaired) electrons. The minimum absolute atomic E-state index is 0.895. The van der Waals surface area contributed by atoms with Gasteiger partial charge in [0.15, 0.2) is 0 Å². The van der Waals surface area contributed by atoms with Crippen LogP contribution in [0.5, 0.6) is 0 Å². The van der Waals surface area contributed by atoms with Gasteiger partial charge in [0, 0.05) is 33.2 Å². The van der Waals surface area contributed by atoms with Crippen LogP contribution in [0.4, 0.5) is 17.1 Å². The van der Waals surface area contributed by atoms with Gasteiger partial charge in [0.2, 0.25) is 0 Å². The van der Waals surface area contributed by atoms with Gasteiger partial charge in [-0.05, 0) is 81.1 Å². The van der Waals surface area contributed by atoms with Crippen molar-refractivity contribution in [1.29, 1.82) is 0 Å². The van der Waals surface area contributed by atoms with E-state index < -0.39 is 0 Å². The number of hydrogen-bond acceptors (Lipinski definition) is 2. The number of benzene rings is 9. The largest absolute Gasteiger partial charge is 0.455 e. The lowest BCUT2D eigenvalue weighted by Crippen LogP contribution is -2.12. The fourth-order valence-corrected chi connectivity index (χ4v) is 7.92. The Bertz CT molecular complexity index is 2910. The zero-order valence-electron chi connectivity index (χ0n) is 29.6. The number of para-hydroxylation sites is 2. The Labute approximate surface area is 314 Å². The minimum Gasteiger partial charge on any atom is -0.455 e. The Balaban J connectivity index is 1.24. The molecule has 10 aromatic rings. The first-order valence-electron chi connectivity index (χ1n) is 18.4. The summed E-state index contributed by atoms with van der Waals surface area (Å²) in [5, 5.41) is 4.61. The molecule has 0 fully saturated rings. The second kappa shape index (κ2) is 13.4. The van der Waals surface area contributed by atoms with Crippen molar-refractivity contribution in [2.24, 2.45) is 0 Å². The molecule has 0 saturated heterocycles. The molecule has 54 heavy (non-hydrogen) atoms. The third kappa shape index (κ3) is 5.53. The van der Waals surface area contributed by atoms with Crippen molar-refractivity contribution in [3.05, 3.63) is 212 Å². The van der Waals surface area contributed by atoms with Crippen LogP contribution < -0.4 is 4.90 Å². The summed E-state index contributed by atoms with van der Waals surface area (Å²) in [5.41, 5.74) is 14.2. The molecule has 2 nitrogen and oxygen atoms in total. The van der Waals surface area contributed by atoms with Crippen LogP contribution in [0.3, 0.4) is 0 Å². The van der Waals surface area contributed by atoms with Gasteiger partial charge in [0.05, 0.1) is 11.4 Å². The maximum absolute atomic E-state index is 6.71. The van der Waals surface area contributed by atoms with E-state index in [1.807, 2.05) is 6.07 Å². The second-order valence-electron chi connectivity index (χ2n) is 13.7. The van der Waals surface area contributed by atoms with Crippen molar-refractivity contribution in [2.45, 2.75) is 0 Å². The summed E-state index contributed by atoms with van der Waals surface area (Å²) in [5.74, 6) is 0. The molecule has 10 rings (SSSR count). The molecule has 0 aliphatic heterocycles. The van der Waals surface area contributed by atoms with Gasteiger partial charge in [-0.15, -0.1) is 0 Å². The molecule has 0 amide bonds. The standard InChI is InChI=1S/C52H35NO/c1-4-16-36(17-5-1)37-28-31-42(32-29-37)53(48-26-14-12-23-43(48)38-18-6-2-7-19-38)49-33-30-41(35-46(49)39-20-8-3-9-21-39)51-44-24-11-10-22-40(44)34-47-45-25-13-15-27-50(45)54-52(47)51/h1-35H. The van der Waals surface area contributed by atoms with E-state index in [2.05, 4.69) is 211 Å². The molecule has 0 unspecified atom stereocenters. The lowest BCUT2D eigenvalue weighted by molar-refractivity contribution is 0.670. The van der Waals surface area contributed by atoms with E-state index in [0.29, 0.717) is 0 Å². The van der Waals surface area contributed by atoms with Gasteiger partial charge >= 0.3 is 0 Å². The minimum atomic E-state index is 0.895. The number of hydrogen-bond donors (Lipinski definition) is 0. The Hall–Kier alpha value is -7.16. The van der Waals surface area contributed by atoms with Crippen LogP contribution in [0.1, 0.15) is 0 Å². The van der Waals surface area contributed by atoms with Crippen molar-refractivity contribution in [3.8, 4) is 44.5 Å². The Kier molecular flexibility index (Phi) is 7.85. The molecule has 0 aliphatic rings. The number of anilines is 3. The highest BCUT2D eigenvalue weighted by Crippen LogP contribution is 2.48. The molecule has 0 N–H and O–H groups in total. The SMILES string of the molecule is c1ccc(-c2ccc(N(c3ccccc3-c3ccccc3)c3ccc(-c4c5ccccc5cc5c4oc4ccccc45)cc3-c3ccccc3)cc2)cc1. The molecule has 0 spiro atoms. The van der Waals surface area contributed by atoms with Gasteiger partial charge in [0.1, 0.15) is 11.2 Å². The lowest BCUT2D eigenvalue weighted by atomic mass is 9.91. The van der Waals surface area contributed by atoms with Gasteiger partial charge < -0.3 is 9.32 Å². The normalized spacial score (nSPS) is 11.3. The topological polar surface area (TPSA) is 16.4 Å². The summed E-state index contributed by atoms with van der Waals surface area (Å²) in [6.07, 6.45) is 0. The molecule has 1 aromatic heterocycles. The van der Waals surface area contributed by atoms with Crippen LogP contribution in [0.25, 0.3) is 77.2 Å². The first-order chi connectivity index (χ1) is 26.8. The molecular formula is C52H35NO. The summed E-state index contributed by atoms with van der Waals surface area (Å²) in [6.45, 7) is 0. The van der Waals surface area contributed by atoms with Crippen LogP contribution in [0.15, 0.2) is 217 Å². The van der Waals surface area contributed by atoms with Crippen LogP contribution >= 0.6 is 0 Å². The van der Waals surface area contributed by atoms with Crippen molar-refractivity contribution < 1.29 is 4.42 Å². The average molecular weight is 690 g/mol. The smallest absolute Gasteiger partial charge is 0.143 e. The number of fused-ring (bicyclic) bond motifs is 4. The second-order valence-corrected chi connectivity index (χ2v) is 13.7. The summed E-state index contributed by atoms with van der Waals surface area (Å²) < 4.78 is 6.71. The zero-order chi connectivity index (χ0) is 35.8. The van der Waals surface area contributed by atoms with Crippen molar-refractivity contribution in [2.75, 3.05) is 4.90 Å². The molecule has 1 heterocycles. The molecule has 0 aliphatic carbocycles. The molecule has 0 bridgehead atoms. The maximum atomic E-state index is 6.71. The van der Waals surface area contributed by atoms with Crippen LogP contribution in [-0.2, 0) is 0 Å². The third-order valence-electron chi connectivity index (χ3n) is 10.5. The molecular weight excluding hydrogens is 655 g/mol. The zero-order valence-corrected chi connectivity index (χ0v) is 29.6. The number of furan rings is 1. The first-order valence-corrected chi connectivity index (χ1v) is 18.4. The van der Waals surface area contributed by atoms with Crippen LogP contribution in [-0.4, -0.2) is 0 Å². The molecule has 254 valence electrons. The Morgan fingerprint density at radius 1 is 0.333 bits per heavy atom. The van der Waals surface area contributed by atoms with E-state index >= 15 is 0 Å². The fraction of sp³-hybridized carbons (Fsp3) is 0. The highest BCUT2D eigenvalue weighted by Gasteiger charge is 2.23. The monoisotopic (exact) mass is 689 g/mol. The quantitative estimate of drug-likeness (QED) is 0.166. The van der Waals surface area contributed by atoms with E-state index in [1.54, 1.807) is 0 Å². The fourth-order valence-electron chi connectivity index (χ4n) is 7.92. The van der Waals surface area contributed by atoms with E-state index in [1.165, 1.54) is 27.5 Å². The van der Waals surface area contributed by atoms with E-state index in [4.69, 9.17) is 4.42 Å². The average Bonchev–Trinajstić information content (AvgIpc) is 3.62. The summed E-state index contributed by atoms with van der Waals surface area (Å²) in [4.78, 5) is 2.42. The predicted molar refractivity (Wildman–Crippen MR) is 228 cm³/mol. The lowest BCUT2D eigenvalue weighted by Gasteiger charge is -2.30. The molecule has 0 atom stereocenters. The van der Waals surface area contributed by atoms with Crippen LogP contribution in [0, 0.1) is 0 Å². The van der Waals surface area contributed by atoms with Gasteiger partial charge in [-0.1, -0.05) is 170 Å². The van der Waals surface area contributed by atoms with Gasteiger partial charge in [0.25, 0.3) is 0 Å². The van der Waals surface area contributed by atoms with Crippen molar-refractivity contribution >= 4 is 49.8 Å². The number of rotatable bonds is 7. The Morgan fingerprint density at radius 2 is 0.870 bits per heavy atom. The first kappa shape index (κ1) is 31.6. The Morgan fingerprint density at radius 3 is 1.61 bits per heavy atom. The van der Waals surface area contributed by atoms with E-state index in [9.17, 15) is 0 Å². The molecule has 0 saturated carbocycles. The van der Waals surface area contributed by atoms with Gasteiger partial charge in [-0.3, -0.25) is 0 Å². The van der Waals surface area contributed by atoms with E-state index in [-0.39, 0.29) is 0 Å². The molecule has 9 aromatic carbocycles. The summed E-state index contributed by atoms with van der Waals surface area (Å²) in [6, 6.07) is 75.9. The third-order valence-corrected chi connectivity index (χ3v) is 10.5. The van der Waals surface area contributed by atoms with Gasteiger partial charge in [-0.25, -0.2) is 0 Å². The summed E-state index contributed by atoms with van der Waals surface area (Å²) >= 11 is 0. The van der Waals surface area contributed by atoms with Gasteiger partial charge in [-0.2, -0.15) is 0 Å². The number of nitrogens with zero attached hydrogens (tertiary/aromatic N) is 1. The molecule has 2 heteroatoms. The predicted octanol–water partition coefficient (Wildman–Crippen LogP) is 14.9.